The van der Waals surface area contributed by atoms with Gasteiger partial charge < -0.3 is 14.6 Å². The van der Waals surface area contributed by atoms with E-state index in [9.17, 15) is 4.79 Å². The first-order valence-corrected chi connectivity index (χ1v) is 7.50. The number of fused-ring (bicyclic) bond motifs is 3. The molecule has 3 rings (SSSR count). The van der Waals surface area contributed by atoms with Crippen molar-refractivity contribution in [2.45, 2.75) is 45.8 Å². The third-order valence-electron chi connectivity index (χ3n) is 3.76. The number of ether oxygens (including phenoxy) is 1. The number of para-hydroxylation sites is 1. The van der Waals surface area contributed by atoms with E-state index in [0.29, 0.717) is 6.54 Å². The van der Waals surface area contributed by atoms with E-state index in [4.69, 9.17) is 4.74 Å². The third-order valence-corrected chi connectivity index (χ3v) is 3.76. The summed E-state index contributed by atoms with van der Waals surface area (Å²) in [5, 5.41) is 1.21. The smallest absolute Gasteiger partial charge is 0.410 e. The van der Waals surface area contributed by atoms with Crippen LogP contribution in [0.5, 0.6) is 0 Å². The van der Waals surface area contributed by atoms with Crippen LogP contribution in [0, 0.1) is 0 Å². The van der Waals surface area contributed by atoms with Gasteiger partial charge in [-0.2, -0.15) is 0 Å². The quantitative estimate of drug-likeness (QED) is 0.799. The van der Waals surface area contributed by atoms with Crippen LogP contribution in [-0.2, 0) is 17.7 Å². The highest BCUT2D eigenvalue weighted by Crippen LogP contribution is 2.27. The van der Waals surface area contributed by atoms with Crippen LogP contribution in [0.1, 0.15) is 38.4 Å². The number of nitrogens with zero attached hydrogens (tertiary/aromatic N) is 1. The molecule has 1 aliphatic rings. The summed E-state index contributed by atoms with van der Waals surface area (Å²) in [5.41, 5.74) is 3.18. The van der Waals surface area contributed by atoms with E-state index in [1.54, 1.807) is 0 Å². The lowest BCUT2D eigenvalue weighted by Crippen LogP contribution is -2.36. The number of hydrogen-bond donors (Lipinski definition) is 1. The first-order chi connectivity index (χ1) is 9.94. The number of benzene rings is 1. The molecule has 2 aromatic rings. The van der Waals surface area contributed by atoms with Gasteiger partial charge in [0.2, 0.25) is 0 Å². The van der Waals surface area contributed by atoms with E-state index in [1.807, 2.05) is 37.8 Å². The summed E-state index contributed by atoms with van der Waals surface area (Å²) in [6.45, 7) is 7.07. The van der Waals surface area contributed by atoms with E-state index in [0.717, 1.165) is 24.9 Å². The Morgan fingerprint density at radius 1 is 1.29 bits per heavy atom. The Morgan fingerprint density at radius 2 is 2.05 bits per heavy atom. The van der Waals surface area contributed by atoms with Crippen LogP contribution < -0.4 is 0 Å². The van der Waals surface area contributed by atoms with E-state index in [1.165, 1.54) is 16.6 Å². The van der Waals surface area contributed by atoms with Crippen molar-refractivity contribution in [2.24, 2.45) is 0 Å². The maximum absolute atomic E-state index is 12.3. The van der Waals surface area contributed by atoms with Gasteiger partial charge in [0.05, 0.1) is 6.54 Å². The number of H-pyrrole nitrogens is 1. The molecule has 0 aliphatic carbocycles. The summed E-state index contributed by atoms with van der Waals surface area (Å²) in [7, 11) is 0. The summed E-state index contributed by atoms with van der Waals surface area (Å²) in [5.74, 6) is 0. The molecule has 0 spiro atoms. The van der Waals surface area contributed by atoms with Gasteiger partial charge in [0.15, 0.2) is 0 Å². The molecule has 1 aromatic heterocycles. The zero-order valence-corrected chi connectivity index (χ0v) is 12.9. The van der Waals surface area contributed by atoms with Crippen LogP contribution in [-0.4, -0.2) is 28.1 Å². The monoisotopic (exact) mass is 286 g/mol. The van der Waals surface area contributed by atoms with Crippen LogP contribution in [0.4, 0.5) is 4.79 Å². The summed E-state index contributed by atoms with van der Waals surface area (Å²) in [6, 6.07) is 8.27. The largest absolute Gasteiger partial charge is 0.444 e. The Kier molecular flexibility index (Phi) is 3.40. The van der Waals surface area contributed by atoms with Crippen LogP contribution in [0.3, 0.4) is 0 Å². The molecule has 0 saturated carbocycles. The van der Waals surface area contributed by atoms with Gasteiger partial charge >= 0.3 is 6.09 Å². The van der Waals surface area contributed by atoms with Crippen LogP contribution in [0.2, 0.25) is 0 Å². The minimum absolute atomic E-state index is 0.222. The molecule has 1 aromatic carbocycles. The minimum Gasteiger partial charge on any atom is -0.444 e. The number of hydrogen-bond acceptors (Lipinski definition) is 2. The minimum atomic E-state index is -0.452. The Morgan fingerprint density at radius 3 is 2.81 bits per heavy atom. The van der Waals surface area contributed by atoms with Crippen molar-refractivity contribution in [3.8, 4) is 0 Å². The number of rotatable bonds is 0. The number of carbonyl (C=O) groups is 1. The second-order valence-electron chi connectivity index (χ2n) is 6.63. The Labute approximate surface area is 125 Å². The predicted molar refractivity (Wildman–Crippen MR) is 83.3 cm³/mol. The zero-order chi connectivity index (χ0) is 15.0. The molecule has 21 heavy (non-hydrogen) atoms. The van der Waals surface area contributed by atoms with Gasteiger partial charge in [-0.25, -0.2) is 4.79 Å². The lowest BCUT2D eigenvalue weighted by molar-refractivity contribution is 0.0237. The first-order valence-electron chi connectivity index (χ1n) is 7.50. The summed E-state index contributed by atoms with van der Waals surface area (Å²) in [6.07, 6.45) is 1.71. The second kappa shape index (κ2) is 5.10. The lowest BCUT2D eigenvalue weighted by atomic mass is 10.1. The molecule has 0 atom stereocenters. The topological polar surface area (TPSA) is 45.3 Å². The molecule has 0 unspecified atom stereocenters. The average Bonchev–Trinajstić information content (AvgIpc) is 2.60. The molecule has 4 nitrogen and oxygen atoms in total. The molecular formula is C17H22N2O2. The van der Waals surface area contributed by atoms with Crippen molar-refractivity contribution in [3.63, 3.8) is 0 Å². The first kappa shape index (κ1) is 14.0. The average molecular weight is 286 g/mol. The number of nitrogens with one attached hydrogen (secondary N) is 1. The molecule has 1 aliphatic heterocycles. The van der Waals surface area contributed by atoms with Gasteiger partial charge in [-0.05, 0) is 39.7 Å². The fourth-order valence-electron chi connectivity index (χ4n) is 2.85. The molecule has 2 heterocycles. The normalized spacial score (nSPS) is 15.7. The molecule has 0 fully saturated rings. The molecule has 112 valence electrons. The van der Waals surface area contributed by atoms with Gasteiger partial charge in [-0.1, -0.05) is 18.2 Å². The Hall–Kier alpha value is -1.97. The number of aromatic amines is 1. The van der Waals surface area contributed by atoms with E-state index in [2.05, 4.69) is 17.1 Å². The molecule has 4 heteroatoms. The maximum atomic E-state index is 12.3. The van der Waals surface area contributed by atoms with E-state index < -0.39 is 5.60 Å². The van der Waals surface area contributed by atoms with Crippen molar-refractivity contribution in [1.82, 2.24) is 9.88 Å². The summed E-state index contributed by atoms with van der Waals surface area (Å²) in [4.78, 5) is 17.6. The van der Waals surface area contributed by atoms with Crippen molar-refractivity contribution in [1.29, 1.82) is 0 Å². The number of amides is 1. The van der Waals surface area contributed by atoms with E-state index >= 15 is 0 Å². The molecule has 0 saturated heterocycles. The van der Waals surface area contributed by atoms with Crippen molar-refractivity contribution in [2.75, 3.05) is 6.54 Å². The molecule has 1 N–H and O–H groups in total. The highest BCUT2D eigenvalue weighted by atomic mass is 16.6. The predicted octanol–water partition coefficient (Wildman–Crippen LogP) is 3.85. The molecular weight excluding hydrogens is 264 g/mol. The Balaban J connectivity index is 1.90. The number of aromatic nitrogens is 1. The van der Waals surface area contributed by atoms with Crippen molar-refractivity contribution < 1.29 is 9.53 Å². The van der Waals surface area contributed by atoms with Gasteiger partial charge in [0.1, 0.15) is 5.60 Å². The fourth-order valence-corrected chi connectivity index (χ4v) is 2.85. The van der Waals surface area contributed by atoms with Crippen molar-refractivity contribution in [3.05, 3.63) is 35.5 Å². The lowest BCUT2D eigenvalue weighted by Gasteiger charge is -2.26. The van der Waals surface area contributed by atoms with Gasteiger partial charge in [0, 0.05) is 28.7 Å². The van der Waals surface area contributed by atoms with E-state index in [-0.39, 0.29) is 6.09 Å². The Bertz CT molecular complexity index is 667. The zero-order valence-electron chi connectivity index (χ0n) is 12.9. The fraction of sp³-hybridized carbons (Fsp3) is 0.471. The third kappa shape index (κ3) is 2.89. The van der Waals surface area contributed by atoms with Gasteiger partial charge in [-0.15, -0.1) is 0 Å². The number of aryl methyl sites for hydroxylation is 1. The SMILES string of the molecule is CC(C)(C)OC(=O)N1CCCc2[nH]c3ccccc3c2C1. The maximum Gasteiger partial charge on any atom is 0.410 e. The summed E-state index contributed by atoms with van der Waals surface area (Å²) >= 11 is 0. The van der Waals surface area contributed by atoms with Crippen molar-refractivity contribution >= 4 is 17.0 Å². The second-order valence-corrected chi connectivity index (χ2v) is 6.63. The summed E-state index contributed by atoms with van der Waals surface area (Å²) < 4.78 is 5.51. The van der Waals surface area contributed by atoms with Gasteiger partial charge in [0.25, 0.3) is 0 Å². The van der Waals surface area contributed by atoms with Crippen LogP contribution in [0.15, 0.2) is 24.3 Å². The van der Waals surface area contributed by atoms with Gasteiger partial charge in [-0.3, -0.25) is 0 Å². The standard InChI is InChI=1S/C17H22N2O2/c1-17(2,3)21-16(20)19-10-6-9-15-13(11-19)12-7-4-5-8-14(12)18-15/h4-5,7-8,18H,6,9-11H2,1-3H3. The molecule has 0 bridgehead atoms. The molecule has 0 radical (unpaired) electrons. The highest BCUT2D eigenvalue weighted by molar-refractivity contribution is 5.85. The molecule has 1 amide bonds. The number of carbonyl (C=O) groups excluding carboxylic acids is 1. The van der Waals surface area contributed by atoms with Crippen LogP contribution >= 0.6 is 0 Å². The van der Waals surface area contributed by atoms with Crippen LogP contribution in [0.25, 0.3) is 10.9 Å². The highest BCUT2D eigenvalue weighted by Gasteiger charge is 2.26.